The van der Waals surface area contributed by atoms with Crippen molar-refractivity contribution in [1.29, 1.82) is 0 Å². The Labute approximate surface area is 135 Å². The van der Waals surface area contributed by atoms with Crippen LogP contribution < -0.4 is 4.90 Å². The van der Waals surface area contributed by atoms with Crippen LogP contribution in [0.1, 0.15) is 29.5 Å². The molecule has 2 atom stereocenters. The van der Waals surface area contributed by atoms with E-state index in [2.05, 4.69) is 30.1 Å². The van der Waals surface area contributed by atoms with Crippen LogP contribution in [0.4, 0.5) is 5.69 Å². The molecular formula is C18H21N3O2. The Morgan fingerprint density at radius 1 is 1.39 bits per heavy atom. The molecule has 120 valence electrons. The lowest BCUT2D eigenvalue weighted by atomic mass is 9.99. The van der Waals surface area contributed by atoms with E-state index in [1.165, 1.54) is 11.1 Å². The summed E-state index contributed by atoms with van der Waals surface area (Å²) in [5.41, 5.74) is 3.57. The second-order valence-electron chi connectivity index (χ2n) is 6.45. The highest BCUT2D eigenvalue weighted by molar-refractivity contribution is 5.97. The minimum atomic E-state index is -0.239. The molecule has 1 saturated heterocycles. The normalized spacial score (nSPS) is 23.3. The molecule has 5 heteroatoms. The predicted octanol–water partition coefficient (Wildman–Crippen LogP) is 2.40. The zero-order chi connectivity index (χ0) is 16.0. The first-order chi connectivity index (χ1) is 11.1. The minimum Gasteiger partial charge on any atom is -0.369 e. The Bertz CT molecular complexity index is 752. The van der Waals surface area contributed by atoms with Gasteiger partial charge in [0.05, 0.1) is 5.92 Å². The fourth-order valence-corrected chi connectivity index (χ4v) is 3.71. The standard InChI is InChI=1S/C18H21N3O2/c1-12-3-4-15-13(11-12)5-8-21(15)18(22)14-6-10-23-16(14)17-19-7-9-20(17)2/h3-4,7,9,11,14,16H,5-6,8,10H2,1-2H3/t14-,16-/m1/s1. The summed E-state index contributed by atoms with van der Waals surface area (Å²) in [5, 5.41) is 0. The maximum Gasteiger partial charge on any atom is 0.233 e. The average molecular weight is 311 g/mol. The maximum atomic E-state index is 13.1. The van der Waals surface area contributed by atoms with Crippen LogP contribution in [0.3, 0.4) is 0 Å². The van der Waals surface area contributed by atoms with Crippen molar-refractivity contribution >= 4 is 11.6 Å². The number of hydrogen-bond acceptors (Lipinski definition) is 3. The van der Waals surface area contributed by atoms with Gasteiger partial charge in [0.1, 0.15) is 11.9 Å². The van der Waals surface area contributed by atoms with E-state index >= 15 is 0 Å². The predicted molar refractivity (Wildman–Crippen MR) is 87.2 cm³/mol. The molecule has 0 bridgehead atoms. The number of carbonyl (C=O) groups is 1. The van der Waals surface area contributed by atoms with Gasteiger partial charge in [0.15, 0.2) is 0 Å². The second-order valence-corrected chi connectivity index (χ2v) is 6.45. The lowest BCUT2D eigenvalue weighted by Gasteiger charge is -2.24. The maximum absolute atomic E-state index is 13.1. The number of aromatic nitrogens is 2. The molecule has 3 heterocycles. The monoisotopic (exact) mass is 311 g/mol. The van der Waals surface area contributed by atoms with Crippen LogP contribution in [-0.2, 0) is 23.0 Å². The molecule has 4 rings (SSSR count). The second kappa shape index (κ2) is 5.49. The van der Waals surface area contributed by atoms with Crippen molar-refractivity contribution in [2.24, 2.45) is 13.0 Å². The molecule has 1 aromatic heterocycles. The van der Waals surface area contributed by atoms with Crippen molar-refractivity contribution < 1.29 is 9.53 Å². The lowest BCUT2D eigenvalue weighted by molar-refractivity contribution is -0.124. The van der Waals surface area contributed by atoms with E-state index in [1.54, 1.807) is 6.20 Å². The summed E-state index contributed by atoms with van der Waals surface area (Å²) in [7, 11) is 1.94. The summed E-state index contributed by atoms with van der Waals surface area (Å²) in [6, 6.07) is 6.33. The van der Waals surface area contributed by atoms with E-state index in [0.29, 0.717) is 6.61 Å². The third-order valence-electron chi connectivity index (χ3n) is 4.92. The van der Waals surface area contributed by atoms with E-state index in [4.69, 9.17) is 4.74 Å². The molecule has 0 saturated carbocycles. The summed E-state index contributed by atoms with van der Waals surface area (Å²) in [6.07, 6.45) is 5.10. The van der Waals surface area contributed by atoms with Crippen molar-refractivity contribution in [2.45, 2.75) is 25.9 Å². The number of hydrogen-bond donors (Lipinski definition) is 0. The van der Waals surface area contributed by atoms with Crippen molar-refractivity contribution in [1.82, 2.24) is 9.55 Å². The van der Waals surface area contributed by atoms with Gasteiger partial charge in [-0.25, -0.2) is 4.98 Å². The first-order valence-electron chi connectivity index (χ1n) is 8.15. The molecule has 2 aromatic rings. The molecule has 1 fully saturated rings. The molecule has 1 aromatic carbocycles. The van der Waals surface area contributed by atoms with Gasteiger partial charge in [0.2, 0.25) is 5.91 Å². The van der Waals surface area contributed by atoms with Gasteiger partial charge < -0.3 is 14.2 Å². The van der Waals surface area contributed by atoms with Crippen LogP contribution >= 0.6 is 0 Å². The summed E-state index contributed by atoms with van der Waals surface area (Å²) >= 11 is 0. The molecule has 0 aliphatic carbocycles. The third-order valence-corrected chi connectivity index (χ3v) is 4.92. The third kappa shape index (κ3) is 2.36. The molecule has 5 nitrogen and oxygen atoms in total. The Morgan fingerprint density at radius 2 is 2.26 bits per heavy atom. The molecule has 0 spiro atoms. The topological polar surface area (TPSA) is 47.4 Å². The fourth-order valence-electron chi connectivity index (χ4n) is 3.71. The van der Waals surface area contributed by atoms with Crippen LogP contribution in [0.2, 0.25) is 0 Å². The number of carbonyl (C=O) groups excluding carboxylic acids is 1. The number of anilines is 1. The van der Waals surface area contributed by atoms with E-state index in [9.17, 15) is 4.79 Å². The van der Waals surface area contributed by atoms with Crippen molar-refractivity contribution in [2.75, 3.05) is 18.1 Å². The van der Waals surface area contributed by atoms with Crippen LogP contribution in [0.25, 0.3) is 0 Å². The number of nitrogens with zero attached hydrogens (tertiary/aromatic N) is 3. The highest BCUT2D eigenvalue weighted by atomic mass is 16.5. The van der Waals surface area contributed by atoms with Gasteiger partial charge in [-0.05, 0) is 31.4 Å². The number of ether oxygens (including phenoxy) is 1. The number of rotatable bonds is 2. The molecule has 0 N–H and O–H groups in total. The van der Waals surface area contributed by atoms with E-state index in [0.717, 1.165) is 30.9 Å². The highest BCUT2D eigenvalue weighted by Gasteiger charge is 2.41. The Balaban J connectivity index is 1.62. The molecular weight excluding hydrogens is 290 g/mol. The SMILES string of the molecule is Cc1ccc2c(c1)CCN2C(=O)[C@@H]1CCO[C@H]1c1nccn1C. The van der Waals surface area contributed by atoms with E-state index in [-0.39, 0.29) is 17.9 Å². The molecule has 0 unspecified atom stereocenters. The lowest BCUT2D eigenvalue weighted by Crippen LogP contribution is -2.36. The Hall–Kier alpha value is -2.14. The van der Waals surface area contributed by atoms with Crippen LogP contribution in [0.15, 0.2) is 30.6 Å². The van der Waals surface area contributed by atoms with Crippen LogP contribution in [-0.4, -0.2) is 28.6 Å². The number of aryl methyl sites for hydroxylation is 2. The first kappa shape index (κ1) is 14.5. The van der Waals surface area contributed by atoms with E-state index in [1.807, 2.05) is 22.7 Å². The molecule has 1 amide bonds. The number of amides is 1. The van der Waals surface area contributed by atoms with Gasteiger partial charge >= 0.3 is 0 Å². The van der Waals surface area contributed by atoms with Gasteiger partial charge in [-0.1, -0.05) is 17.7 Å². The van der Waals surface area contributed by atoms with Gasteiger partial charge in [-0.15, -0.1) is 0 Å². The zero-order valence-corrected chi connectivity index (χ0v) is 13.5. The van der Waals surface area contributed by atoms with Gasteiger partial charge in [-0.3, -0.25) is 4.79 Å². The number of benzene rings is 1. The summed E-state index contributed by atoms with van der Waals surface area (Å²) in [4.78, 5) is 19.4. The van der Waals surface area contributed by atoms with Crippen molar-refractivity contribution in [3.63, 3.8) is 0 Å². The van der Waals surface area contributed by atoms with E-state index < -0.39 is 0 Å². The molecule has 2 aliphatic heterocycles. The molecule has 23 heavy (non-hydrogen) atoms. The van der Waals surface area contributed by atoms with Gasteiger partial charge in [0.25, 0.3) is 0 Å². The number of imidazole rings is 1. The molecule has 0 radical (unpaired) electrons. The average Bonchev–Trinajstić information content (AvgIpc) is 3.24. The van der Waals surface area contributed by atoms with Crippen LogP contribution in [0, 0.1) is 12.8 Å². The Morgan fingerprint density at radius 3 is 3.04 bits per heavy atom. The quantitative estimate of drug-likeness (QED) is 0.855. The summed E-state index contributed by atoms with van der Waals surface area (Å²) in [6.45, 7) is 3.47. The van der Waals surface area contributed by atoms with Crippen molar-refractivity contribution in [3.05, 3.63) is 47.5 Å². The summed E-state index contributed by atoms with van der Waals surface area (Å²) < 4.78 is 7.79. The first-order valence-corrected chi connectivity index (χ1v) is 8.15. The highest BCUT2D eigenvalue weighted by Crippen LogP contribution is 2.38. The fraction of sp³-hybridized carbons (Fsp3) is 0.444. The zero-order valence-electron chi connectivity index (χ0n) is 13.5. The molecule has 2 aliphatic rings. The van der Waals surface area contributed by atoms with Crippen molar-refractivity contribution in [3.8, 4) is 0 Å². The largest absolute Gasteiger partial charge is 0.369 e. The van der Waals surface area contributed by atoms with Crippen LogP contribution in [0.5, 0.6) is 0 Å². The van der Waals surface area contributed by atoms with Gasteiger partial charge in [0, 0.05) is 38.3 Å². The minimum absolute atomic E-state index is 0.150. The Kier molecular flexibility index (Phi) is 3.45. The van der Waals surface area contributed by atoms with Gasteiger partial charge in [-0.2, -0.15) is 0 Å². The number of fused-ring (bicyclic) bond motifs is 1. The summed E-state index contributed by atoms with van der Waals surface area (Å²) in [5.74, 6) is 0.852. The smallest absolute Gasteiger partial charge is 0.233 e.